The molecule has 0 spiro atoms. The maximum atomic E-state index is 12.3. The Hall–Kier alpha value is -1.35. The lowest BCUT2D eigenvalue weighted by atomic mass is 10.1. The molecule has 0 bridgehead atoms. The minimum Gasteiger partial charge on any atom is -0.384 e. The molecule has 2 rings (SSSR count). The Balaban J connectivity index is 2.43. The lowest BCUT2D eigenvalue weighted by Gasteiger charge is -2.13. The van der Waals surface area contributed by atoms with Gasteiger partial charge in [-0.2, -0.15) is 0 Å². The molecule has 0 aliphatic heterocycles. The summed E-state index contributed by atoms with van der Waals surface area (Å²) in [4.78, 5) is 0.173. The highest BCUT2D eigenvalue weighted by Gasteiger charge is 2.41. The third-order valence-electron chi connectivity index (χ3n) is 3.11. The number of hydrogen-bond acceptors (Lipinski definition) is 3. The average Bonchev–Trinajstić information content (AvgIpc) is 3.02. The number of aliphatic hydroxyl groups is 1. The minimum atomic E-state index is -3.57. The summed E-state index contributed by atoms with van der Waals surface area (Å²) >= 11 is 0. The van der Waals surface area contributed by atoms with Gasteiger partial charge in [0, 0.05) is 11.1 Å². The Kier molecular flexibility index (Phi) is 3.68. The number of benzene rings is 1. The van der Waals surface area contributed by atoms with Gasteiger partial charge in [0.1, 0.15) is 6.61 Å². The first-order valence-electron chi connectivity index (χ1n) is 6.11. The van der Waals surface area contributed by atoms with Gasteiger partial charge in [-0.05, 0) is 44.4 Å². The van der Waals surface area contributed by atoms with Crippen molar-refractivity contribution in [1.29, 1.82) is 0 Å². The van der Waals surface area contributed by atoms with Crippen LogP contribution in [0.25, 0.3) is 0 Å². The maximum absolute atomic E-state index is 12.3. The molecule has 0 aromatic heterocycles. The highest BCUT2D eigenvalue weighted by molar-refractivity contribution is 7.89. The number of hydrogen-bond donors (Lipinski definition) is 2. The summed E-state index contributed by atoms with van der Waals surface area (Å²) in [5.41, 5.74) is 1.04. The van der Waals surface area contributed by atoms with Crippen LogP contribution in [0.3, 0.4) is 0 Å². The van der Waals surface area contributed by atoms with Crippen molar-refractivity contribution >= 4 is 10.0 Å². The molecule has 0 radical (unpaired) electrons. The van der Waals surface area contributed by atoms with Crippen LogP contribution in [0.15, 0.2) is 23.1 Å². The van der Waals surface area contributed by atoms with E-state index < -0.39 is 10.0 Å². The van der Waals surface area contributed by atoms with Crippen molar-refractivity contribution in [3.63, 3.8) is 0 Å². The predicted octanol–water partition coefficient (Wildman–Crippen LogP) is 1.17. The number of aryl methyl sites for hydroxylation is 1. The fourth-order valence-electron chi connectivity index (χ4n) is 1.78. The number of aliphatic hydroxyl groups excluding tert-OH is 1. The van der Waals surface area contributed by atoms with Crippen molar-refractivity contribution in [2.45, 2.75) is 37.1 Å². The predicted molar refractivity (Wildman–Crippen MR) is 73.1 cm³/mol. The molecule has 0 atom stereocenters. The van der Waals surface area contributed by atoms with Gasteiger partial charge in [-0.25, -0.2) is 13.1 Å². The fraction of sp³-hybridized carbons (Fsp3) is 0.429. The van der Waals surface area contributed by atoms with Crippen LogP contribution in [0.5, 0.6) is 0 Å². The van der Waals surface area contributed by atoms with Crippen LogP contribution in [0.4, 0.5) is 0 Å². The van der Waals surface area contributed by atoms with E-state index in [-0.39, 0.29) is 17.0 Å². The monoisotopic (exact) mass is 279 g/mol. The van der Waals surface area contributed by atoms with E-state index in [4.69, 9.17) is 5.11 Å². The first-order chi connectivity index (χ1) is 8.86. The SMILES string of the molecule is Cc1ccc(S(=O)(=O)NC2(C)CC2)c(C#CCO)c1. The number of rotatable bonds is 3. The Labute approximate surface area is 113 Å². The summed E-state index contributed by atoms with van der Waals surface area (Å²) in [5, 5.41) is 8.75. The Morgan fingerprint density at radius 2 is 2.11 bits per heavy atom. The van der Waals surface area contributed by atoms with E-state index in [1.165, 1.54) is 0 Å². The molecule has 1 aliphatic carbocycles. The molecule has 0 saturated heterocycles. The van der Waals surface area contributed by atoms with E-state index in [0.717, 1.165) is 18.4 Å². The topological polar surface area (TPSA) is 66.4 Å². The van der Waals surface area contributed by atoms with Crippen LogP contribution in [-0.2, 0) is 10.0 Å². The second-order valence-corrected chi connectivity index (χ2v) is 6.78. The van der Waals surface area contributed by atoms with E-state index in [0.29, 0.717) is 5.56 Å². The summed E-state index contributed by atoms with van der Waals surface area (Å²) in [6, 6.07) is 5.02. The number of nitrogens with one attached hydrogen (secondary N) is 1. The normalized spacial score (nSPS) is 16.6. The van der Waals surface area contributed by atoms with E-state index in [1.807, 2.05) is 13.8 Å². The molecule has 4 nitrogen and oxygen atoms in total. The minimum absolute atomic E-state index is 0.173. The van der Waals surface area contributed by atoms with Crippen molar-refractivity contribution in [2.75, 3.05) is 6.61 Å². The molecule has 102 valence electrons. The van der Waals surface area contributed by atoms with Gasteiger partial charge >= 0.3 is 0 Å². The van der Waals surface area contributed by atoms with Gasteiger partial charge in [-0.1, -0.05) is 17.9 Å². The quantitative estimate of drug-likeness (QED) is 0.816. The molecule has 1 fully saturated rings. The Morgan fingerprint density at radius 3 is 2.68 bits per heavy atom. The van der Waals surface area contributed by atoms with Gasteiger partial charge in [-0.15, -0.1) is 0 Å². The van der Waals surface area contributed by atoms with Crippen LogP contribution < -0.4 is 4.72 Å². The largest absolute Gasteiger partial charge is 0.384 e. The average molecular weight is 279 g/mol. The van der Waals surface area contributed by atoms with Gasteiger partial charge in [0.25, 0.3) is 0 Å². The summed E-state index contributed by atoms with van der Waals surface area (Å²) < 4.78 is 27.4. The molecule has 0 heterocycles. The third-order valence-corrected chi connectivity index (χ3v) is 4.80. The smallest absolute Gasteiger partial charge is 0.242 e. The van der Waals surface area contributed by atoms with E-state index in [1.54, 1.807) is 18.2 Å². The van der Waals surface area contributed by atoms with Crippen molar-refractivity contribution in [3.05, 3.63) is 29.3 Å². The standard InChI is InChI=1S/C14H17NO3S/c1-11-5-6-13(12(10-11)4-3-9-16)19(17,18)15-14(2)7-8-14/h5-6,10,15-16H,7-9H2,1-2H3. The molecule has 1 saturated carbocycles. The molecule has 5 heteroatoms. The first kappa shape index (κ1) is 14.1. The van der Waals surface area contributed by atoms with Crippen molar-refractivity contribution in [3.8, 4) is 11.8 Å². The highest BCUT2D eigenvalue weighted by Crippen LogP contribution is 2.36. The second kappa shape index (κ2) is 4.97. The summed E-state index contributed by atoms with van der Waals surface area (Å²) in [5.74, 6) is 5.19. The van der Waals surface area contributed by atoms with E-state index in [2.05, 4.69) is 16.6 Å². The van der Waals surface area contributed by atoms with Crippen molar-refractivity contribution < 1.29 is 13.5 Å². The van der Waals surface area contributed by atoms with Gasteiger partial charge < -0.3 is 5.11 Å². The van der Waals surface area contributed by atoms with E-state index in [9.17, 15) is 8.42 Å². The molecule has 2 N–H and O–H groups in total. The lowest BCUT2D eigenvalue weighted by Crippen LogP contribution is -2.34. The van der Waals surface area contributed by atoms with Crippen LogP contribution in [0.2, 0.25) is 0 Å². The van der Waals surface area contributed by atoms with Gasteiger partial charge in [0.15, 0.2) is 0 Å². The van der Waals surface area contributed by atoms with Crippen LogP contribution in [-0.4, -0.2) is 25.7 Å². The van der Waals surface area contributed by atoms with Gasteiger partial charge in [0.05, 0.1) is 4.90 Å². The zero-order valence-corrected chi connectivity index (χ0v) is 11.8. The van der Waals surface area contributed by atoms with Crippen LogP contribution in [0.1, 0.15) is 30.9 Å². The van der Waals surface area contributed by atoms with E-state index >= 15 is 0 Å². The molecule has 1 aromatic carbocycles. The molecule has 19 heavy (non-hydrogen) atoms. The summed E-state index contributed by atoms with van der Waals surface area (Å²) in [6.45, 7) is 3.46. The second-order valence-electron chi connectivity index (χ2n) is 5.13. The molecular weight excluding hydrogens is 262 g/mol. The van der Waals surface area contributed by atoms with Crippen molar-refractivity contribution in [2.24, 2.45) is 0 Å². The van der Waals surface area contributed by atoms with Gasteiger partial charge in [0.2, 0.25) is 10.0 Å². The molecule has 1 aromatic rings. The maximum Gasteiger partial charge on any atom is 0.242 e. The highest BCUT2D eigenvalue weighted by atomic mass is 32.2. The zero-order valence-electron chi connectivity index (χ0n) is 11.0. The van der Waals surface area contributed by atoms with Crippen molar-refractivity contribution in [1.82, 2.24) is 4.72 Å². The lowest BCUT2D eigenvalue weighted by molar-refractivity contribution is 0.350. The van der Waals surface area contributed by atoms with Gasteiger partial charge in [-0.3, -0.25) is 0 Å². The molecule has 0 unspecified atom stereocenters. The Bertz CT molecular complexity index is 649. The first-order valence-corrected chi connectivity index (χ1v) is 7.59. The molecular formula is C14H17NO3S. The summed E-state index contributed by atoms with van der Waals surface area (Å²) in [6.07, 6.45) is 1.71. The number of sulfonamides is 1. The van der Waals surface area contributed by atoms with Crippen LogP contribution in [0, 0.1) is 18.8 Å². The third kappa shape index (κ3) is 3.35. The van der Waals surface area contributed by atoms with Crippen LogP contribution >= 0.6 is 0 Å². The Morgan fingerprint density at radius 1 is 1.42 bits per heavy atom. The molecule has 1 aliphatic rings. The summed E-state index contributed by atoms with van der Waals surface area (Å²) in [7, 11) is -3.57. The fourth-order valence-corrected chi connectivity index (χ4v) is 3.39. The molecule has 0 amide bonds. The zero-order chi connectivity index (χ0) is 14.1.